The summed E-state index contributed by atoms with van der Waals surface area (Å²) in [6.07, 6.45) is 0. The lowest BCUT2D eigenvalue weighted by Crippen LogP contribution is -2.42. The molecule has 0 aromatic heterocycles. The third-order valence-corrected chi connectivity index (χ3v) is 4.92. The van der Waals surface area contributed by atoms with Gasteiger partial charge in [0, 0.05) is 11.3 Å². The molecule has 1 aliphatic rings. The smallest absolute Gasteiger partial charge is 0.324 e. The van der Waals surface area contributed by atoms with Crippen LogP contribution in [0.4, 0.5) is 19.3 Å². The molecular formula is C20H19F2N3O3. The highest BCUT2D eigenvalue weighted by molar-refractivity contribution is 6.10. The van der Waals surface area contributed by atoms with Gasteiger partial charge in [-0.15, -0.1) is 0 Å². The number of carbonyl (C=O) groups excluding carboxylic acids is 3. The Balaban J connectivity index is 1.81. The molecule has 0 spiro atoms. The van der Waals surface area contributed by atoms with Crippen molar-refractivity contribution in [3.05, 3.63) is 64.7 Å². The molecule has 28 heavy (non-hydrogen) atoms. The second kappa shape index (κ2) is 7.03. The molecule has 4 amide bonds. The summed E-state index contributed by atoms with van der Waals surface area (Å²) in [6, 6.07) is 7.17. The fourth-order valence-corrected chi connectivity index (χ4v) is 3.12. The topological polar surface area (TPSA) is 78.5 Å². The van der Waals surface area contributed by atoms with Crippen LogP contribution in [0.1, 0.15) is 23.6 Å². The Kier molecular flexibility index (Phi) is 4.89. The molecule has 1 heterocycles. The second-order valence-electron chi connectivity index (χ2n) is 6.87. The average molecular weight is 387 g/mol. The van der Waals surface area contributed by atoms with E-state index in [9.17, 15) is 23.2 Å². The molecule has 0 bridgehead atoms. The molecule has 1 atom stereocenters. The van der Waals surface area contributed by atoms with E-state index in [-0.39, 0.29) is 5.56 Å². The van der Waals surface area contributed by atoms with Gasteiger partial charge in [-0.05, 0) is 56.2 Å². The minimum Gasteiger partial charge on any atom is -0.324 e. The number of aryl methyl sites for hydroxylation is 1. The van der Waals surface area contributed by atoms with Gasteiger partial charge in [0.15, 0.2) is 0 Å². The molecule has 0 saturated carbocycles. The number of anilines is 1. The zero-order valence-electron chi connectivity index (χ0n) is 15.6. The minimum absolute atomic E-state index is 0.303. The zero-order valence-corrected chi connectivity index (χ0v) is 15.6. The molecule has 2 aromatic rings. The monoisotopic (exact) mass is 387 g/mol. The zero-order chi connectivity index (χ0) is 20.6. The Morgan fingerprint density at radius 3 is 2.61 bits per heavy atom. The number of hydrogen-bond donors (Lipinski definition) is 2. The largest absolute Gasteiger partial charge is 0.325 e. The number of nitrogens with zero attached hydrogens (tertiary/aromatic N) is 1. The fraction of sp³-hybridized carbons (Fsp3) is 0.250. The maximum atomic E-state index is 14.2. The second-order valence-corrected chi connectivity index (χ2v) is 6.87. The van der Waals surface area contributed by atoms with Gasteiger partial charge in [-0.25, -0.2) is 13.6 Å². The number of halogens is 2. The minimum atomic E-state index is -1.80. The highest BCUT2D eigenvalue weighted by Crippen LogP contribution is 2.31. The van der Waals surface area contributed by atoms with E-state index in [1.807, 2.05) is 19.9 Å². The quantitative estimate of drug-likeness (QED) is 0.792. The van der Waals surface area contributed by atoms with Crippen molar-refractivity contribution in [2.75, 3.05) is 11.9 Å². The number of nitrogens with one attached hydrogen (secondary N) is 2. The molecule has 146 valence electrons. The number of imide groups is 1. The molecule has 0 radical (unpaired) electrons. The van der Waals surface area contributed by atoms with Crippen LogP contribution >= 0.6 is 0 Å². The van der Waals surface area contributed by atoms with E-state index < -0.39 is 41.6 Å². The predicted octanol–water partition coefficient (Wildman–Crippen LogP) is 2.99. The number of amides is 4. The third kappa shape index (κ3) is 3.33. The van der Waals surface area contributed by atoms with Crippen LogP contribution in [0.25, 0.3) is 0 Å². The summed E-state index contributed by atoms with van der Waals surface area (Å²) in [6.45, 7) is 4.45. The van der Waals surface area contributed by atoms with Crippen LogP contribution in [0.2, 0.25) is 0 Å². The number of benzene rings is 2. The lowest BCUT2D eigenvalue weighted by atomic mass is 9.91. The van der Waals surface area contributed by atoms with Gasteiger partial charge in [0.25, 0.3) is 5.91 Å². The first-order chi connectivity index (χ1) is 13.1. The van der Waals surface area contributed by atoms with Crippen LogP contribution in [0.3, 0.4) is 0 Å². The first-order valence-corrected chi connectivity index (χ1v) is 8.59. The van der Waals surface area contributed by atoms with Gasteiger partial charge < -0.3 is 10.6 Å². The molecule has 1 fully saturated rings. The van der Waals surface area contributed by atoms with E-state index in [1.54, 1.807) is 12.1 Å². The molecule has 6 nitrogen and oxygen atoms in total. The van der Waals surface area contributed by atoms with Gasteiger partial charge in [0.2, 0.25) is 5.91 Å². The van der Waals surface area contributed by atoms with E-state index in [1.165, 1.54) is 6.92 Å². The Bertz CT molecular complexity index is 993. The summed E-state index contributed by atoms with van der Waals surface area (Å²) in [7, 11) is 0. The first kappa shape index (κ1) is 19.5. The lowest BCUT2D eigenvalue weighted by Gasteiger charge is -2.22. The van der Waals surface area contributed by atoms with Crippen molar-refractivity contribution in [3.8, 4) is 0 Å². The number of urea groups is 1. The van der Waals surface area contributed by atoms with Crippen LogP contribution in [-0.4, -0.2) is 29.3 Å². The van der Waals surface area contributed by atoms with Crippen LogP contribution in [0, 0.1) is 25.5 Å². The van der Waals surface area contributed by atoms with Gasteiger partial charge in [0.1, 0.15) is 23.7 Å². The highest BCUT2D eigenvalue weighted by Gasteiger charge is 2.50. The Labute approximate surface area is 160 Å². The molecular weight excluding hydrogens is 368 g/mol. The Morgan fingerprint density at radius 2 is 1.89 bits per heavy atom. The van der Waals surface area contributed by atoms with Crippen LogP contribution in [0.5, 0.6) is 0 Å². The number of rotatable bonds is 4. The van der Waals surface area contributed by atoms with E-state index in [0.29, 0.717) is 10.6 Å². The molecule has 1 saturated heterocycles. The Hall–Kier alpha value is -3.29. The van der Waals surface area contributed by atoms with E-state index in [0.717, 1.165) is 29.3 Å². The van der Waals surface area contributed by atoms with Crippen molar-refractivity contribution in [1.82, 2.24) is 10.2 Å². The summed E-state index contributed by atoms with van der Waals surface area (Å²) in [4.78, 5) is 38.1. The number of hydrogen-bond acceptors (Lipinski definition) is 3. The highest BCUT2D eigenvalue weighted by atomic mass is 19.1. The van der Waals surface area contributed by atoms with E-state index in [2.05, 4.69) is 10.6 Å². The normalized spacial score (nSPS) is 19.0. The van der Waals surface area contributed by atoms with E-state index in [4.69, 9.17) is 0 Å². The maximum Gasteiger partial charge on any atom is 0.325 e. The van der Waals surface area contributed by atoms with Crippen LogP contribution < -0.4 is 10.6 Å². The standard InChI is InChI=1S/C20H19F2N3O3/c1-11-5-4-6-16(12(11)2)23-17(26)10-25-18(27)20(3,24-19(25)28)14-9-13(21)7-8-15(14)22/h4-9H,10H2,1-3H3,(H,23,26)(H,24,28)/t20-/m0/s1. The molecule has 2 N–H and O–H groups in total. The van der Waals surface area contributed by atoms with Crippen LogP contribution in [-0.2, 0) is 15.1 Å². The molecule has 8 heteroatoms. The predicted molar refractivity (Wildman–Crippen MR) is 98.5 cm³/mol. The van der Waals surface area contributed by atoms with Crippen molar-refractivity contribution in [2.24, 2.45) is 0 Å². The molecule has 0 unspecified atom stereocenters. The third-order valence-electron chi connectivity index (χ3n) is 4.92. The van der Waals surface area contributed by atoms with Gasteiger partial charge in [-0.2, -0.15) is 0 Å². The van der Waals surface area contributed by atoms with Gasteiger partial charge in [0.05, 0.1) is 0 Å². The summed E-state index contributed by atoms with van der Waals surface area (Å²) in [5.41, 5.74) is 0.295. The van der Waals surface area contributed by atoms with Crippen LogP contribution in [0.15, 0.2) is 36.4 Å². The summed E-state index contributed by atoms with van der Waals surface area (Å²) < 4.78 is 27.7. The van der Waals surface area contributed by atoms with Crippen molar-refractivity contribution >= 4 is 23.5 Å². The van der Waals surface area contributed by atoms with Crippen molar-refractivity contribution < 1.29 is 23.2 Å². The van der Waals surface area contributed by atoms with Crippen molar-refractivity contribution in [1.29, 1.82) is 0 Å². The van der Waals surface area contributed by atoms with Gasteiger partial charge >= 0.3 is 6.03 Å². The summed E-state index contributed by atoms with van der Waals surface area (Å²) >= 11 is 0. The molecule has 3 rings (SSSR count). The molecule has 0 aliphatic carbocycles. The maximum absolute atomic E-state index is 14.2. The summed E-state index contributed by atoms with van der Waals surface area (Å²) in [5.74, 6) is -3.00. The molecule has 2 aromatic carbocycles. The fourth-order valence-electron chi connectivity index (χ4n) is 3.12. The van der Waals surface area contributed by atoms with Gasteiger partial charge in [-0.3, -0.25) is 14.5 Å². The van der Waals surface area contributed by atoms with Crippen molar-refractivity contribution in [3.63, 3.8) is 0 Å². The lowest BCUT2D eigenvalue weighted by molar-refractivity contribution is -0.133. The average Bonchev–Trinajstić information content (AvgIpc) is 2.85. The Morgan fingerprint density at radius 1 is 1.18 bits per heavy atom. The summed E-state index contributed by atoms with van der Waals surface area (Å²) in [5, 5.41) is 5.01. The SMILES string of the molecule is Cc1cccc(NC(=O)CN2C(=O)N[C@@](C)(c3cc(F)ccc3F)C2=O)c1C. The first-order valence-electron chi connectivity index (χ1n) is 8.59. The van der Waals surface area contributed by atoms with Crippen molar-refractivity contribution in [2.45, 2.75) is 26.3 Å². The van der Waals surface area contributed by atoms with Gasteiger partial charge in [-0.1, -0.05) is 12.1 Å². The molecule has 1 aliphatic heterocycles. The number of carbonyl (C=O) groups is 3. The van der Waals surface area contributed by atoms with E-state index >= 15 is 0 Å².